The third-order valence-corrected chi connectivity index (χ3v) is 5.13. The van der Waals surface area contributed by atoms with Gasteiger partial charge in [-0.15, -0.1) is 0 Å². The van der Waals surface area contributed by atoms with E-state index < -0.39 is 30.3 Å². The molecule has 0 spiro atoms. The number of ketones is 1. The predicted octanol–water partition coefficient (Wildman–Crippen LogP) is 5.92. The number of halogens is 4. The summed E-state index contributed by atoms with van der Waals surface area (Å²) >= 11 is 5.88. The van der Waals surface area contributed by atoms with Gasteiger partial charge in [-0.05, 0) is 69.3 Å². The summed E-state index contributed by atoms with van der Waals surface area (Å²) in [6.07, 6.45) is -1.13. The average Bonchev–Trinajstić information content (AvgIpc) is 3.01. The Morgan fingerprint density at radius 2 is 1.66 bits per heavy atom. The number of aryl methyl sites for hydroxylation is 1. The van der Waals surface area contributed by atoms with Gasteiger partial charge in [-0.2, -0.15) is 8.78 Å². The Kier molecular flexibility index (Phi) is 6.93. The molecule has 1 atom stereocenters. The van der Waals surface area contributed by atoms with Crippen molar-refractivity contribution in [2.75, 3.05) is 0 Å². The standard InChI is InChI=1S/C23H19ClF3NO4/c1-12-10-19(13(2)28(12)16-5-7-17(8-6-16)32-23(26)27)21(29)14(3)31-22(30)18-9-4-15(25)11-20(18)24/h4-11,14,23H,1-3H3. The summed E-state index contributed by atoms with van der Waals surface area (Å²) in [6, 6.07) is 10.9. The molecule has 0 aliphatic carbocycles. The molecule has 1 unspecified atom stereocenters. The van der Waals surface area contributed by atoms with Crippen molar-refractivity contribution in [3.63, 3.8) is 0 Å². The third-order valence-electron chi connectivity index (χ3n) is 4.82. The number of benzene rings is 2. The highest BCUT2D eigenvalue weighted by molar-refractivity contribution is 6.33. The highest BCUT2D eigenvalue weighted by atomic mass is 35.5. The van der Waals surface area contributed by atoms with E-state index in [0.29, 0.717) is 22.6 Å². The maximum Gasteiger partial charge on any atom is 0.387 e. The maximum atomic E-state index is 13.2. The van der Waals surface area contributed by atoms with Crippen LogP contribution in [0, 0.1) is 19.7 Å². The number of hydrogen-bond acceptors (Lipinski definition) is 4. The van der Waals surface area contributed by atoms with Gasteiger partial charge in [0.25, 0.3) is 0 Å². The van der Waals surface area contributed by atoms with Crippen LogP contribution in [0.2, 0.25) is 5.02 Å². The lowest BCUT2D eigenvalue weighted by Crippen LogP contribution is -2.25. The van der Waals surface area contributed by atoms with Crippen LogP contribution in [-0.4, -0.2) is 29.0 Å². The first-order chi connectivity index (χ1) is 15.1. The van der Waals surface area contributed by atoms with Gasteiger partial charge >= 0.3 is 12.6 Å². The Bertz CT molecular complexity index is 1160. The minimum Gasteiger partial charge on any atom is -0.451 e. The lowest BCUT2D eigenvalue weighted by atomic mass is 10.1. The Morgan fingerprint density at radius 3 is 2.25 bits per heavy atom. The summed E-state index contributed by atoms with van der Waals surface area (Å²) in [5.74, 6) is -1.87. The number of nitrogens with zero attached hydrogens (tertiary/aromatic N) is 1. The van der Waals surface area contributed by atoms with E-state index in [0.717, 1.165) is 12.1 Å². The molecule has 1 heterocycles. The van der Waals surface area contributed by atoms with E-state index in [2.05, 4.69) is 4.74 Å². The Balaban J connectivity index is 1.81. The fourth-order valence-electron chi connectivity index (χ4n) is 3.34. The Morgan fingerprint density at radius 1 is 1.00 bits per heavy atom. The number of carbonyl (C=O) groups is 2. The van der Waals surface area contributed by atoms with Crippen LogP contribution in [0.4, 0.5) is 13.2 Å². The highest BCUT2D eigenvalue weighted by Gasteiger charge is 2.25. The molecule has 2 aromatic carbocycles. The molecule has 0 fully saturated rings. The van der Waals surface area contributed by atoms with Gasteiger partial charge in [0.1, 0.15) is 11.6 Å². The van der Waals surface area contributed by atoms with Crippen LogP contribution in [0.3, 0.4) is 0 Å². The molecule has 0 saturated carbocycles. The second kappa shape index (κ2) is 9.48. The second-order valence-electron chi connectivity index (χ2n) is 7.03. The molecule has 9 heteroatoms. The van der Waals surface area contributed by atoms with E-state index in [1.807, 2.05) is 0 Å². The molecule has 0 aliphatic heterocycles. The number of aromatic nitrogens is 1. The number of esters is 1. The number of Topliss-reactive ketones (excluding diaryl/α,β-unsaturated/α-hetero) is 1. The summed E-state index contributed by atoms with van der Waals surface area (Å²) < 4.78 is 49.3. The fraction of sp³-hybridized carbons (Fsp3) is 0.217. The molecular formula is C23H19ClF3NO4. The summed E-state index contributed by atoms with van der Waals surface area (Å²) in [6.45, 7) is 2.01. The molecule has 0 bridgehead atoms. The summed E-state index contributed by atoms with van der Waals surface area (Å²) in [5.41, 5.74) is 2.22. The number of alkyl halides is 2. The van der Waals surface area contributed by atoms with E-state index in [1.54, 1.807) is 36.6 Å². The smallest absolute Gasteiger partial charge is 0.387 e. The molecule has 3 rings (SSSR count). The third kappa shape index (κ3) is 4.96. The molecular weight excluding hydrogens is 447 g/mol. The SMILES string of the molecule is Cc1cc(C(=O)C(C)OC(=O)c2ccc(F)cc2Cl)c(C)n1-c1ccc(OC(F)F)cc1. The number of hydrogen-bond donors (Lipinski definition) is 0. The number of rotatable bonds is 7. The molecule has 0 radical (unpaired) electrons. The zero-order chi connectivity index (χ0) is 23.6. The van der Waals surface area contributed by atoms with E-state index in [9.17, 15) is 22.8 Å². The van der Waals surface area contributed by atoms with Crippen molar-refractivity contribution in [2.24, 2.45) is 0 Å². The van der Waals surface area contributed by atoms with Crippen LogP contribution in [0.1, 0.15) is 39.0 Å². The lowest BCUT2D eigenvalue weighted by Gasteiger charge is -2.14. The normalized spacial score (nSPS) is 12.0. The van der Waals surface area contributed by atoms with Gasteiger partial charge in [0.05, 0.1) is 10.6 Å². The molecule has 0 saturated heterocycles. The van der Waals surface area contributed by atoms with Crippen LogP contribution < -0.4 is 4.74 Å². The van der Waals surface area contributed by atoms with Crippen molar-refractivity contribution in [2.45, 2.75) is 33.5 Å². The maximum absolute atomic E-state index is 13.2. The van der Waals surface area contributed by atoms with Gasteiger partial charge in [0.2, 0.25) is 5.78 Å². The zero-order valence-corrected chi connectivity index (χ0v) is 18.1. The first-order valence-corrected chi connectivity index (χ1v) is 9.90. The van der Waals surface area contributed by atoms with Crippen molar-refractivity contribution in [1.29, 1.82) is 0 Å². The zero-order valence-electron chi connectivity index (χ0n) is 17.4. The molecule has 1 aromatic heterocycles. The quantitative estimate of drug-likeness (QED) is 0.321. The average molecular weight is 466 g/mol. The second-order valence-corrected chi connectivity index (χ2v) is 7.44. The van der Waals surface area contributed by atoms with Crippen LogP contribution >= 0.6 is 11.6 Å². The van der Waals surface area contributed by atoms with Gasteiger partial charge in [-0.25, -0.2) is 9.18 Å². The molecule has 32 heavy (non-hydrogen) atoms. The summed E-state index contributed by atoms with van der Waals surface area (Å²) in [4.78, 5) is 25.3. The predicted molar refractivity (Wildman–Crippen MR) is 112 cm³/mol. The van der Waals surface area contributed by atoms with Crippen molar-refractivity contribution in [1.82, 2.24) is 4.57 Å². The van der Waals surface area contributed by atoms with Crippen LogP contribution in [-0.2, 0) is 4.74 Å². The topological polar surface area (TPSA) is 57.5 Å². The first kappa shape index (κ1) is 23.4. The minimum absolute atomic E-state index is 0.0162. The van der Waals surface area contributed by atoms with Crippen LogP contribution in [0.15, 0.2) is 48.5 Å². The highest BCUT2D eigenvalue weighted by Crippen LogP contribution is 2.25. The Labute approximate surface area is 187 Å². The largest absolute Gasteiger partial charge is 0.451 e. The van der Waals surface area contributed by atoms with Gasteiger partial charge in [-0.3, -0.25) is 4.79 Å². The van der Waals surface area contributed by atoms with Crippen molar-refractivity contribution in [3.05, 3.63) is 81.9 Å². The van der Waals surface area contributed by atoms with Gasteiger partial charge in [0, 0.05) is 22.6 Å². The molecule has 3 aromatic rings. The van der Waals surface area contributed by atoms with Gasteiger partial charge in [0.15, 0.2) is 6.10 Å². The summed E-state index contributed by atoms with van der Waals surface area (Å²) in [5, 5.41) is -0.118. The van der Waals surface area contributed by atoms with Gasteiger partial charge < -0.3 is 14.0 Å². The van der Waals surface area contributed by atoms with Crippen LogP contribution in [0.25, 0.3) is 5.69 Å². The number of carbonyl (C=O) groups excluding carboxylic acids is 2. The molecule has 0 amide bonds. The van der Waals surface area contributed by atoms with Crippen molar-refractivity contribution < 1.29 is 32.2 Å². The molecule has 5 nitrogen and oxygen atoms in total. The minimum atomic E-state index is -2.92. The van der Waals surface area contributed by atoms with Crippen LogP contribution in [0.5, 0.6) is 5.75 Å². The monoisotopic (exact) mass is 465 g/mol. The lowest BCUT2D eigenvalue weighted by molar-refractivity contribution is -0.0498. The molecule has 0 N–H and O–H groups in total. The van der Waals surface area contributed by atoms with E-state index >= 15 is 0 Å². The van der Waals surface area contributed by atoms with E-state index in [-0.39, 0.29) is 16.3 Å². The molecule has 0 aliphatic rings. The first-order valence-electron chi connectivity index (χ1n) is 9.53. The van der Waals surface area contributed by atoms with E-state index in [1.165, 1.54) is 25.1 Å². The van der Waals surface area contributed by atoms with Gasteiger partial charge in [-0.1, -0.05) is 11.6 Å². The fourth-order valence-corrected chi connectivity index (χ4v) is 3.58. The summed E-state index contributed by atoms with van der Waals surface area (Å²) in [7, 11) is 0. The van der Waals surface area contributed by atoms with Crippen molar-refractivity contribution in [3.8, 4) is 11.4 Å². The Hall–Kier alpha value is -3.26. The molecule has 168 valence electrons. The number of ether oxygens (including phenoxy) is 2. The van der Waals surface area contributed by atoms with E-state index in [4.69, 9.17) is 16.3 Å². The van der Waals surface area contributed by atoms with Crippen molar-refractivity contribution >= 4 is 23.4 Å².